The molecular weight excluding hydrogens is 256 g/mol. The Morgan fingerprint density at radius 2 is 1.84 bits per heavy atom. The van der Waals surface area contributed by atoms with Gasteiger partial charge < -0.3 is 4.90 Å². The van der Waals surface area contributed by atoms with E-state index in [1.165, 1.54) is 49.7 Å². The van der Waals surface area contributed by atoms with Crippen LogP contribution in [0.25, 0.3) is 5.57 Å². The van der Waals surface area contributed by atoms with Crippen molar-refractivity contribution in [1.29, 1.82) is 0 Å². The molecule has 0 unspecified atom stereocenters. The lowest BCUT2D eigenvalue weighted by molar-refractivity contribution is 0.435. The highest BCUT2D eigenvalue weighted by molar-refractivity contribution is 6.29. The Hall–Kier alpha value is -0.860. The highest BCUT2D eigenvalue weighted by Crippen LogP contribution is 2.30. The fraction of sp³-hybridized carbons (Fsp3) is 0.562. The van der Waals surface area contributed by atoms with Crippen molar-refractivity contribution in [2.24, 2.45) is 0 Å². The van der Waals surface area contributed by atoms with Crippen LogP contribution in [0.5, 0.6) is 0 Å². The summed E-state index contributed by atoms with van der Waals surface area (Å²) in [5, 5.41) is 0.573. The van der Waals surface area contributed by atoms with Gasteiger partial charge in [-0.25, -0.2) is 4.98 Å². The van der Waals surface area contributed by atoms with Crippen molar-refractivity contribution in [1.82, 2.24) is 9.88 Å². The highest BCUT2D eigenvalue weighted by atomic mass is 35.5. The molecule has 0 bridgehead atoms. The van der Waals surface area contributed by atoms with Gasteiger partial charge in [-0.15, -0.1) is 0 Å². The number of hydrogen-bond acceptors (Lipinski definition) is 2. The molecule has 0 aromatic carbocycles. The first kappa shape index (κ1) is 14.5. The van der Waals surface area contributed by atoms with Crippen LogP contribution in [0.4, 0.5) is 0 Å². The summed E-state index contributed by atoms with van der Waals surface area (Å²) < 4.78 is 0. The van der Waals surface area contributed by atoms with Crippen LogP contribution in [-0.2, 0) is 0 Å². The molecule has 3 heteroatoms. The average Bonchev–Trinajstić information content (AvgIpc) is 2.34. The number of allylic oxidation sites excluding steroid dienone is 1. The summed E-state index contributed by atoms with van der Waals surface area (Å²) in [4.78, 5) is 6.50. The van der Waals surface area contributed by atoms with Gasteiger partial charge in [-0.2, -0.15) is 0 Å². The molecule has 1 aromatic rings. The minimum absolute atomic E-state index is 0.573. The van der Waals surface area contributed by atoms with Gasteiger partial charge in [-0.3, -0.25) is 0 Å². The summed E-state index contributed by atoms with van der Waals surface area (Å²) in [7, 11) is 4.28. The van der Waals surface area contributed by atoms with Gasteiger partial charge in [0.2, 0.25) is 0 Å². The minimum atomic E-state index is 0.573. The van der Waals surface area contributed by atoms with E-state index in [9.17, 15) is 0 Å². The monoisotopic (exact) mass is 278 g/mol. The van der Waals surface area contributed by atoms with E-state index in [4.69, 9.17) is 11.6 Å². The molecular formula is C16H23ClN2. The van der Waals surface area contributed by atoms with Gasteiger partial charge in [-0.05, 0) is 57.0 Å². The van der Waals surface area contributed by atoms with E-state index >= 15 is 0 Å². The Morgan fingerprint density at radius 1 is 1.11 bits per heavy atom. The molecule has 19 heavy (non-hydrogen) atoms. The van der Waals surface area contributed by atoms with Crippen molar-refractivity contribution in [3.05, 3.63) is 34.6 Å². The lowest BCUT2D eigenvalue weighted by atomic mass is 9.89. The van der Waals surface area contributed by atoms with Gasteiger partial charge in [0.25, 0.3) is 0 Å². The van der Waals surface area contributed by atoms with E-state index < -0.39 is 0 Å². The molecule has 104 valence electrons. The normalized spacial score (nSPS) is 21.3. The zero-order valence-electron chi connectivity index (χ0n) is 12.0. The predicted molar refractivity (Wildman–Crippen MR) is 82.4 cm³/mol. The second-order valence-corrected chi connectivity index (χ2v) is 5.99. The number of nitrogens with zero attached hydrogens (tertiary/aromatic N) is 2. The summed E-state index contributed by atoms with van der Waals surface area (Å²) in [6.45, 7) is 1.05. The second-order valence-electron chi connectivity index (χ2n) is 5.60. The average molecular weight is 279 g/mol. The molecule has 0 spiro atoms. The van der Waals surface area contributed by atoms with Gasteiger partial charge >= 0.3 is 0 Å². The van der Waals surface area contributed by atoms with Crippen molar-refractivity contribution >= 4 is 17.2 Å². The molecule has 0 N–H and O–H groups in total. The summed E-state index contributed by atoms with van der Waals surface area (Å²) in [6, 6.07) is 4.01. The maximum atomic E-state index is 5.89. The Kier molecular flexibility index (Phi) is 5.41. The lowest BCUT2D eigenvalue weighted by Crippen LogP contribution is -2.17. The van der Waals surface area contributed by atoms with Crippen molar-refractivity contribution < 1.29 is 0 Å². The van der Waals surface area contributed by atoms with Crippen LogP contribution < -0.4 is 0 Å². The van der Waals surface area contributed by atoms with Crippen LogP contribution in [0, 0.1) is 0 Å². The molecule has 0 saturated heterocycles. The standard InChI is InChI=1S/C16H23ClN2/c1-19(2)12-14-7-5-3-4-6-8-15(14)13-9-10-16(17)18-11-13/h9-11H,3-8,12H2,1-2H3/b15-14-. The van der Waals surface area contributed by atoms with Crippen molar-refractivity contribution in [3.8, 4) is 0 Å². The predicted octanol–water partition coefficient (Wildman–Crippen LogP) is 4.40. The van der Waals surface area contributed by atoms with Gasteiger partial charge in [0, 0.05) is 12.7 Å². The molecule has 0 fully saturated rings. The highest BCUT2D eigenvalue weighted by Gasteiger charge is 2.13. The van der Waals surface area contributed by atoms with Crippen molar-refractivity contribution in [2.45, 2.75) is 38.5 Å². The van der Waals surface area contributed by atoms with Crippen molar-refractivity contribution in [3.63, 3.8) is 0 Å². The Balaban J connectivity index is 2.33. The van der Waals surface area contributed by atoms with Crippen LogP contribution in [0.15, 0.2) is 23.9 Å². The first-order valence-corrected chi connectivity index (χ1v) is 7.52. The molecule has 0 aliphatic heterocycles. The zero-order valence-corrected chi connectivity index (χ0v) is 12.7. The molecule has 0 radical (unpaired) electrons. The van der Waals surface area contributed by atoms with Gasteiger partial charge in [-0.1, -0.05) is 36.1 Å². The number of rotatable bonds is 3. The summed E-state index contributed by atoms with van der Waals surface area (Å²) in [6.07, 6.45) is 9.63. The Labute approximate surface area is 121 Å². The van der Waals surface area contributed by atoms with E-state index in [1.54, 1.807) is 5.57 Å². The molecule has 2 nitrogen and oxygen atoms in total. The van der Waals surface area contributed by atoms with Crippen LogP contribution in [0.3, 0.4) is 0 Å². The van der Waals surface area contributed by atoms with E-state index in [1.807, 2.05) is 12.3 Å². The van der Waals surface area contributed by atoms with Crippen molar-refractivity contribution in [2.75, 3.05) is 20.6 Å². The molecule has 1 aromatic heterocycles. The van der Waals surface area contributed by atoms with Crippen LogP contribution >= 0.6 is 11.6 Å². The fourth-order valence-corrected chi connectivity index (χ4v) is 2.89. The summed E-state index contributed by atoms with van der Waals surface area (Å²) in [5.41, 5.74) is 4.33. The number of aromatic nitrogens is 1. The molecule has 1 heterocycles. The topological polar surface area (TPSA) is 16.1 Å². The van der Waals surface area contributed by atoms with Gasteiger partial charge in [0.15, 0.2) is 0 Å². The smallest absolute Gasteiger partial charge is 0.129 e. The Morgan fingerprint density at radius 3 is 2.47 bits per heavy atom. The molecule has 2 rings (SSSR count). The molecule has 1 aliphatic carbocycles. The number of halogens is 1. The summed E-state index contributed by atoms with van der Waals surface area (Å²) >= 11 is 5.89. The Bertz CT molecular complexity index is 435. The summed E-state index contributed by atoms with van der Waals surface area (Å²) in [5.74, 6) is 0. The van der Waals surface area contributed by atoms with E-state index in [0.717, 1.165) is 6.54 Å². The molecule has 0 saturated carbocycles. The lowest BCUT2D eigenvalue weighted by Gasteiger charge is -2.21. The zero-order chi connectivity index (χ0) is 13.7. The van der Waals surface area contributed by atoms with E-state index in [0.29, 0.717) is 5.15 Å². The number of pyridine rings is 1. The largest absolute Gasteiger partial charge is 0.305 e. The number of hydrogen-bond donors (Lipinski definition) is 0. The third kappa shape index (κ3) is 4.32. The van der Waals surface area contributed by atoms with Gasteiger partial charge in [0.1, 0.15) is 5.15 Å². The van der Waals surface area contributed by atoms with E-state index in [-0.39, 0.29) is 0 Å². The second kappa shape index (κ2) is 7.06. The molecule has 0 atom stereocenters. The maximum Gasteiger partial charge on any atom is 0.129 e. The van der Waals surface area contributed by atoms with Crippen LogP contribution in [-0.4, -0.2) is 30.5 Å². The molecule has 1 aliphatic rings. The third-order valence-corrected chi connectivity index (χ3v) is 3.89. The SMILES string of the molecule is CN(C)C/C1=C(\c2ccc(Cl)nc2)CCCCCC1. The fourth-order valence-electron chi connectivity index (χ4n) is 2.78. The van der Waals surface area contributed by atoms with Gasteiger partial charge in [0.05, 0.1) is 0 Å². The van der Waals surface area contributed by atoms with Crippen LogP contribution in [0.1, 0.15) is 44.1 Å². The first-order chi connectivity index (χ1) is 9.16. The first-order valence-electron chi connectivity index (χ1n) is 7.14. The quantitative estimate of drug-likeness (QED) is 0.762. The maximum absolute atomic E-state index is 5.89. The van der Waals surface area contributed by atoms with Crippen LogP contribution in [0.2, 0.25) is 5.15 Å². The van der Waals surface area contributed by atoms with E-state index in [2.05, 4.69) is 30.0 Å². The minimum Gasteiger partial charge on any atom is -0.305 e. The molecule has 0 amide bonds. The number of likely N-dealkylation sites (N-methyl/N-ethyl adjacent to an activating group) is 1. The third-order valence-electron chi connectivity index (χ3n) is 3.67.